The second kappa shape index (κ2) is 5.48. The van der Waals surface area contributed by atoms with E-state index in [1.54, 1.807) is 6.20 Å². The van der Waals surface area contributed by atoms with Gasteiger partial charge in [-0.05, 0) is 63.1 Å². The van der Waals surface area contributed by atoms with Crippen molar-refractivity contribution >= 4 is 27.8 Å². The molecule has 3 aromatic rings. The van der Waals surface area contributed by atoms with Gasteiger partial charge in [0.25, 0.3) is 0 Å². The molecule has 1 spiro atoms. The van der Waals surface area contributed by atoms with E-state index in [1.807, 2.05) is 6.07 Å². The Kier molecular flexibility index (Phi) is 3.41. The molecule has 1 saturated carbocycles. The maximum atomic E-state index is 6.27. The van der Waals surface area contributed by atoms with Gasteiger partial charge in [-0.3, -0.25) is 0 Å². The molecule has 2 aromatic heterocycles. The third kappa shape index (κ3) is 2.29. The first kappa shape index (κ1) is 16.2. The lowest BCUT2D eigenvalue weighted by Gasteiger charge is -2.34. The summed E-state index contributed by atoms with van der Waals surface area (Å²) in [5.74, 6) is 0. The minimum absolute atomic E-state index is 0.1000. The fourth-order valence-corrected chi connectivity index (χ4v) is 5.43. The number of rotatable bonds is 1. The van der Waals surface area contributed by atoms with Crippen molar-refractivity contribution in [1.82, 2.24) is 4.98 Å². The molecule has 1 saturated heterocycles. The number of aryl methyl sites for hydroxylation is 1. The maximum absolute atomic E-state index is 6.27. The van der Waals surface area contributed by atoms with E-state index < -0.39 is 0 Å². The van der Waals surface area contributed by atoms with E-state index in [-0.39, 0.29) is 5.54 Å². The van der Waals surface area contributed by atoms with Gasteiger partial charge in [0.2, 0.25) is 5.71 Å². The van der Waals surface area contributed by atoms with E-state index in [2.05, 4.69) is 55.4 Å². The summed E-state index contributed by atoms with van der Waals surface area (Å²) in [5.41, 5.74) is 4.68. The molecular formula is C23H27N2O. The molecule has 0 amide bonds. The Hall–Kier alpha value is -2.03. The fraction of sp³-hybridized carbons (Fsp3) is 0.478. The van der Waals surface area contributed by atoms with Crippen molar-refractivity contribution in [1.29, 1.82) is 0 Å². The summed E-state index contributed by atoms with van der Waals surface area (Å²) >= 11 is 0. The molecule has 3 heteroatoms. The number of hydrogen-bond acceptors (Lipinski definition) is 3. The van der Waals surface area contributed by atoms with Crippen LogP contribution in [0, 0.1) is 18.9 Å². The summed E-state index contributed by atoms with van der Waals surface area (Å²) in [4.78, 5) is 6.97. The fourth-order valence-electron chi connectivity index (χ4n) is 5.43. The number of fused-ring (bicyclic) bond motifs is 3. The van der Waals surface area contributed by atoms with Crippen molar-refractivity contribution in [2.75, 3.05) is 4.90 Å². The smallest absolute Gasteiger partial charge is 0.227 e. The van der Waals surface area contributed by atoms with Crippen LogP contribution in [-0.4, -0.2) is 10.5 Å². The summed E-state index contributed by atoms with van der Waals surface area (Å²) in [7, 11) is 0. The van der Waals surface area contributed by atoms with E-state index in [9.17, 15) is 0 Å². The number of benzene rings is 1. The molecule has 0 N–H and O–H groups in total. The molecule has 135 valence electrons. The normalized spacial score (nSPS) is 21.9. The Morgan fingerprint density at radius 3 is 2.65 bits per heavy atom. The topological polar surface area (TPSA) is 29.3 Å². The molecule has 1 radical (unpaired) electrons. The molecule has 0 atom stereocenters. The second-order valence-corrected chi connectivity index (χ2v) is 8.98. The zero-order chi connectivity index (χ0) is 17.9. The Morgan fingerprint density at radius 2 is 1.85 bits per heavy atom. The van der Waals surface area contributed by atoms with Crippen LogP contribution in [0.3, 0.4) is 0 Å². The van der Waals surface area contributed by atoms with Gasteiger partial charge in [-0.25, -0.2) is 4.98 Å². The number of nitrogens with zero attached hydrogens (tertiary/aromatic N) is 2. The first-order chi connectivity index (χ1) is 12.5. The highest BCUT2D eigenvalue weighted by molar-refractivity contribution is 6.08. The van der Waals surface area contributed by atoms with Gasteiger partial charge in [-0.2, -0.15) is 0 Å². The van der Waals surface area contributed by atoms with Crippen LogP contribution in [-0.2, 0) is 0 Å². The van der Waals surface area contributed by atoms with E-state index in [0.29, 0.717) is 5.41 Å². The number of hydrogen-bond donors (Lipinski definition) is 0. The van der Waals surface area contributed by atoms with E-state index >= 15 is 0 Å². The minimum Gasteiger partial charge on any atom is -0.436 e. The van der Waals surface area contributed by atoms with Crippen molar-refractivity contribution in [3.8, 4) is 0 Å². The van der Waals surface area contributed by atoms with E-state index in [4.69, 9.17) is 4.42 Å². The minimum atomic E-state index is 0.1000. The number of anilines is 1. The Morgan fingerprint density at radius 1 is 1.04 bits per heavy atom. The molecule has 1 aliphatic carbocycles. The van der Waals surface area contributed by atoms with E-state index in [0.717, 1.165) is 16.7 Å². The van der Waals surface area contributed by atoms with Gasteiger partial charge in [0.15, 0.2) is 5.58 Å². The summed E-state index contributed by atoms with van der Waals surface area (Å²) in [6.45, 7) is 9.51. The Labute approximate surface area is 155 Å². The lowest BCUT2D eigenvalue weighted by atomic mass is 9.71. The number of aromatic nitrogens is 1. The van der Waals surface area contributed by atoms with Crippen LogP contribution in [0.5, 0.6) is 0 Å². The number of furan rings is 1. The van der Waals surface area contributed by atoms with Crippen LogP contribution in [0.4, 0.5) is 5.69 Å². The average molecular weight is 347 g/mol. The largest absolute Gasteiger partial charge is 0.436 e. The summed E-state index contributed by atoms with van der Waals surface area (Å²) in [5, 5.41) is 2.27. The van der Waals surface area contributed by atoms with Gasteiger partial charge in [0.1, 0.15) is 0 Å². The lowest BCUT2D eigenvalue weighted by molar-refractivity contribution is 0.225. The standard InChI is InChI=1S/C23H27N2O/c1-16-9-10-17-18-8-7-13-24-21(18)26-20(17)19(16)25-15-23(14-22(25,2)3)11-5-4-6-12-23/h7-10,13,15H,4-6,11-12,14H2,1-3H3. The zero-order valence-electron chi connectivity index (χ0n) is 16.0. The molecule has 3 nitrogen and oxygen atoms in total. The predicted octanol–water partition coefficient (Wildman–Crippen LogP) is 6.39. The molecule has 1 aliphatic heterocycles. The van der Waals surface area contributed by atoms with Crippen LogP contribution in [0.25, 0.3) is 22.1 Å². The molecular weight excluding hydrogens is 320 g/mol. The highest BCUT2D eigenvalue weighted by Crippen LogP contribution is 2.55. The molecule has 0 unspecified atom stereocenters. The summed E-state index contributed by atoms with van der Waals surface area (Å²) < 4.78 is 6.27. The molecule has 5 rings (SSSR count). The van der Waals surface area contributed by atoms with Gasteiger partial charge in [-0.1, -0.05) is 31.4 Å². The van der Waals surface area contributed by atoms with Gasteiger partial charge in [0, 0.05) is 22.5 Å². The average Bonchev–Trinajstić information content (AvgIpc) is 3.10. The first-order valence-corrected chi connectivity index (χ1v) is 9.91. The second-order valence-electron chi connectivity index (χ2n) is 8.98. The molecule has 26 heavy (non-hydrogen) atoms. The first-order valence-electron chi connectivity index (χ1n) is 9.91. The lowest BCUT2D eigenvalue weighted by Crippen LogP contribution is -2.36. The monoisotopic (exact) mass is 347 g/mol. The maximum Gasteiger partial charge on any atom is 0.227 e. The van der Waals surface area contributed by atoms with Crippen LogP contribution in [0.15, 0.2) is 34.9 Å². The molecule has 2 aliphatic rings. The van der Waals surface area contributed by atoms with E-state index in [1.165, 1.54) is 55.2 Å². The molecule has 0 bridgehead atoms. The molecule has 1 aromatic carbocycles. The van der Waals surface area contributed by atoms with Crippen LogP contribution in [0.1, 0.15) is 57.9 Å². The van der Waals surface area contributed by atoms with Crippen LogP contribution in [0.2, 0.25) is 0 Å². The van der Waals surface area contributed by atoms with Gasteiger partial charge in [0.05, 0.1) is 12.2 Å². The third-order valence-corrected chi connectivity index (χ3v) is 6.52. The summed E-state index contributed by atoms with van der Waals surface area (Å²) in [6.07, 6.45) is 9.79. The van der Waals surface area contributed by atoms with Crippen molar-refractivity contribution in [2.45, 2.75) is 64.8 Å². The van der Waals surface area contributed by atoms with Crippen LogP contribution >= 0.6 is 0 Å². The third-order valence-electron chi connectivity index (χ3n) is 6.52. The van der Waals surface area contributed by atoms with Crippen molar-refractivity contribution in [3.05, 3.63) is 42.6 Å². The van der Waals surface area contributed by atoms with Crippen LogP contribution < -0.4 is 4.90 Å². The van der Waals surface area contributed by atoms with Gasteiger partial charge in [-0.15, -0.1) is 0 Å². The SMILES string of the molecule is Cc1ccc2c(oc3ncccc32)c1N1[CH]C2(CCCCC2)CC1(C)C. The zero-order valence-corrected chi connectivity index (χ0v) is 16.0. The molecule has 3 heterocycles. The predicted molar refractivity (Wildman–Crippen MR) is 107 cm³/mol. The summed E-state index contributed by atoms with van der Waals surface area (Å²) in [6, 6.07) is 8.51. The highest BCUT2D eigenvalue weighted by atomic mass is 16.3. The van der Waals surface area contributed by atoms with Crippen molar-refractivity contribution in [2.24, 2.45) is 5.41 Å². The Bertz CT molecular complexity index is 978. The quantitative estimate of drug-likeness (QED) is 0.511. The van der Waals surface area contributed by atoms with Gasteiger partial charge >= 0.3 is 0 Å². The van der Waals surface area contributed by atoms with Crippen molar-refractivity contribution < 1.29 is 4.42 Å². The molecule has 2 fully saturated rings. The highest BCUT2D eigenvalue weighted by Gasteiger charge is 2.49. The van der Waals surface area contributed by atoms with Crippen molar-refractivity contribution in [3.63, 3.8) is 0 Å². The number of pyridine rings is 1. The van der Waals surface area contributed by atoms with Gasteiger partial charge < -0.3 is 9.32 Å². The Balaban J connectivity index is 1.69.